The number of anilines is 1. The molecular formula is C13H17F5N4O. The van der Waals surface area contributed by atoms with Gasteiger partial charge >= 0.3 is 6.18 Å². The molecule has 0 radical (unpaired) electrons. The maximum Gasteiger partial charge on any atom is 0.423 e. The zero-order chi connectivity index (χ0) is 17.3. The molecule has 5 nitrogen and oxygen atoms in total. The third-order valence-electron chi connectivity index (χ3n) is 3.66. The minimum atomic E-state index is -4.62. The molecule has 2 heterocycles. The molecule has 2 N–H and O–H groups in total. The summed E-state index contributed by atoms with van der Waals surface area (Å²) in [6, 6.07) is -0.258. The fraction of sp³-hybridized carbons (Fsp3) is 0.692. The summed E-state index contributed by atoms with van der Waals surface area (Å²) in [6.07, 6.45) is -4.24. The molecule has 1 aromatic rings. The van der Waals surface area contributed by atoms with Crippen molar-refractivity contribution < 1.29 is 26.7 Å². The van der Waals surface area contributed by atoms with Crippen LogP contribution in [0.1, 0.15) is 18.9 Å². The van der Waals surface area contributed by atoms with Gasteiger partial charge in [0.05, 0.1) is 13.7 Å². The van der Waals surface area contributed by atoms with E-state index in [-0.39, 0.29) is 30.9 Å². The van der Waals surface area contributed by atoms with Gasteiger partial charge < -0.3 is 15.4 Å². The van der Waals surface area contributed by atoms with Crippen molar-refractivity contribution in [3.63, 3.8) is 0 Å². The first kappa shape index (κ1) is 17.6. The molecule has 23 heavy (non-hydrogen) atoms. The van der Waals surface area contributed by atoms with Crippen molar-refractivity contribution in [1.82, 2.24) is 15.3 Å². The smallest absolute Gasteiger partial charge is 0.423 e. The molecule has 1 aliphatic heterocycles. The standard InChI is InChI=1S/C13H17F5N4O/c1-7-3-12(14,15)6-21-9(7)5-20-11-19-4-8(13(16,17)18)10(22-11)23-2/h4,7,9,21H,3,5-6H2,1-2H3,(H,19,20,22)/t7-,9?/m1/s1. The second-order valence-corrected chi connectivity index (χ2v) is 5.52. The number of aromatic nitrogens is 2. The molecule has 2 atom stereocenters. The number of piperidine rings is 1. The lowest BCUT2D eigenvalue weighted by molar-refractivity contribution is -0.139. The number of ether oxygens (including phenoxy) is 1. The third-order valence-corrected chi connectivity index (χ3v) is 3.66. The molecule has 0 aromatic carbocycles. The number of alkyl halides is 5. The lowest BCUT2D eigenvalue weighted by Gasteiger charge is -2.35. The van der Waals surface area contributed by atoms with E-state index in [4.69, 9.17) is 0 Å². The predicted molar refractivity (Wildman–Crippen MR) is 72.6 cm³/mol. The van der Waals surface area contributed by atoms with Crippen molar-refractivity contribution in [1.29, 1.82) is 0 Å². The Hall–Kier alpha value is -1.71. The average molecular weight is 340 g/mol. The van der Waals surface area contributed by atoms with E-state index < -0.39 is 30.1 Å². The van der Waals surface area contributed by atoms with Crippen LogP contribution in [0.25, 0.3) is 0 Å². The van der Waals surface area contributed by atoms with Gasteiger partial charge in [-0.25, -0.2) is 13.8 Å². The summed E-state index contributed by atoms with van der Waals surface area (Å²) in [4.78, 5) is 7.25. The fourth-order valence-electron chi connectivity index (χ4n) is 2.44. The van der Waals surface area contributed by atoms with E-state index in [0.717, 1.165) is 7.11 Å². The van der Waals surface area contributed by atoms with Crippen molar-refractivity contribution in [2.45, 2.75) is 31.5 Å². The Balaban J connectivity index is 2.01. The molecule has 0 amide bonds. The Bertz CT molecular complexity index is 552. The first-order chi connectivity index (χ1) is 10.6. The molecule has 1 aliphatic rings. The normalized spacial score (nSPS) is 24.3. The molecule has 1 unspecified atom stereocenters. The topological polar surface area (TPSA) is 59.1 Å². The molecule has 2 rings (SSSR count). The van der Waals surface area contributed by atoms with E-state index in [1.807, 2.05) is 0 Å². The third kappa shape index (κ3) is 4.40. The Morgan fingerprint density at radius 1 is 1.43 bits per heavy atom. The van der Waals surface area contributed by atoms with Gasteiger partial charge in [-0.2, -0.15) is 18.2 Å². The number of hydrogen-bond acceptors (Lipinski definition) is 5. The Morgan fingerprint density at radius 3 is 2.70 bits per heavy atom. The van der Waals surface area contributed by atoms with Crippen LogP contribution < -0.4 is 15.4 Å². The van der Waals surface area contributed by atoms with Crippen LogP contribution in [0.4, 0.5) is 27.9 Å². The van der Waals surface area contributed by atoms with Gasteiger partial charge in [-0.3, -0.25) is 0 Å². The predicted octanol–water partition coefficient (Wildman–Crippen LogP) is 2.55. The van der Waals surface area contributed by atoms with Gasteiger partial charge in [0.15, 0.2) is 0 Å². The maximum absolute atomic E-state index is 13.2. The summed E-state index contributed by atoms with van der Waals surface area (Å²) in [5.74, 6) is -3.70. The second kappa shape index (κ2) is 6.42. The quantitative estimate of drug-likeness (QED) is 0.825. The lowest BCUT2D eigenvalue weighted by Crippen LogP contribution is -2.52. The maximum atomic E-state index is 13.2. The van der Waals surface area contributed by atoms with Crippen LogP contribution in [-0.4, -0.2) is 42.1 Å². The number of hydrogen-bond donors (Lipinski definition) is 2. The van der Waals surface area contributed by atoms with Crippen LogP contribution in [0.15, 0.2) is 6.20 Å². The highest BCUT2D eigenvalue weighted by Crippen LogP contribution is 2.35. The van der Waals surface area contributed by atoms with Crippen molar-refractivity contribution in [2.24, 2.45) is 5.92 Å². The van der Waals surface area contributed by atoms with E-state index in [0.29, 0.717) is 6.20 Å². The first-order valence-electron chi connectivity index (χ1n) is 6.96. The van der Waals surface area contributed by atoms with Crippen LogP contribution in [0, 0.1) is 5.92 Å². The number of methoxy groups -OCH3 is 1. The Labute approximate surface area is 129 Å². The van der Waals surface area contributed by atoms with Crippen LogP contribution >= 0.6 is 0 Å². The van der Waals surface area contributed by atoms with E-state index in [1.54, 1.807) is 6.92 Å². The average Bonchev–Trinajstić information content (AvgIpc) is 2.44. The van der Waals surface area contributed by atoms with Crippen molar-refractivity contribution in [3.05, 3.63) is 11.8 Å². The molecule has 1 aromatic heterocycles. The van der Waals surface area contributed by atoms with Gasteiger partial charge in [-0.15, -0.1) is 0 Å². The molecule has 0 aliphatic carbocycles. The van der Waals surface area contributed by atoms with E-state index in [9.17, 15) is 22.0 Å². The summed E-state index contributed by atoms with van der Waals surface area (Å²) in [5, 5.41) is 5.46. The SMILES string of the molecule is COc1nc(NCC2NCC(F)(F)C[C@H]2C)ncc1C(F)(F)F. The number of nitrogens with zero attached hydrogens (tertiary/aromatic N) is 2. The molecule has 0 saturated carbocycles. The van der Waals surface area contributed by atoms with E-state index in [2.05, 4.69) is 25.3 Å². The highest BCUT2D eigenvalue weighted by atomic mass is 19.4. The Morgan fingerprint density at radius 2 is 2.13 bits per heavy atom. The number of rotatable bonds is 4. The van der Waals surface area contributed by atoms with Crippen molar-refractivity contribution in [2.75, 3.05) is 25.5 Å². The van der Waals surface area contributed by atoms with Crippen LogP contribution in [-0.2, 0) is 6.18 Å². The summed E-state index contributed by atoms with van der Waals surface area (Å²) < 4.78 is 69.2. The van der Waals surface area contributed by atoms with Crippen LogP contribution in [0.3, 0.4) is 0 Å². The highest BCUT2D eigenvalue weighted by Gasteiger charge is 2.39. The minimum absolute atomic E-state index is 0.0545. The van der Waals surface area contributed by atoms with Crippen LogP contribution in [0.2, 0.25) is 0 Å². The van der Waals surface area contributed by atoms with Gasteiger partial charge in [-0.05, 0) is 5.92 Å². The summed E-state index contributed by atoms with van der Waals surface area (Å²) in [6.45, 7) is 1.47. The summed E-state index contributed by atoms with van der Waals surface area (Å²) in [7, 11) is 1.08. The summed E-state index contributed by atoms with van der Waals surface area (Å²) >= 11 is 0. The monoisotopic (exact) mass is 340 g/mol. The molecule has 130 valence electrons. The van der Waals surface area contributed by atoms with Gasteiger partial charge in [-0.1, -0.05) is 6.92 Å². The minimum Gasteiger partial charge on any atom is -0.480 e. The van der Waals surface area contributed by atoms with E-state index in [1.165, 1.54) is 0 Å². The fourth-order valence-corrected chi connectivity index (χ4v) is 2.44. The van der Waals surface area contributed by atoms with Gasteiger partial charge in [0.1, 0.15) is 5.56 Å². The molecule has 10 heteroatoms. The molecule has 1 saturated heterocycles. The van der Waals surface area contributed by atoms with Gasteiger partial charge in [0.2, 0.25) is 11.8 Å². The Kier molecular flexibility index (Phi) is 4.92. The van der Waals surface area contributed by atoms with Crippen LogP contribution in [0.5, 0.6) is 5.88 Å². The zero-order valence-corrected chi connectivity index (χ0v) is 12.5. The number of nitrogens with one attached hydrogen (secondary N) is 2. The largest absolute Gasteiger partial charge is 0.480 e. The molecule has 0 spiro atoms. The van der Waals surface area contributed by atoms with Gasteiger partial charge in [0.25, 0.3) is 5.92 Å². The lowest BCUT2D eigenvalue weighted by atomic mass is 9.90. The number of halogens is 5. The molecule has 0 bridgehead atoms. The summed E-state index contributed by atoms with van der Waals surface area (Å²) in [5.41, 5.74) is -1.07. The highest BCUT2D eigenvalue weighted by molar-refractivity contribution is 5.35. The first-order valence-corrected chi connectivity index (χ1v) is 6.96. The zero-order valence-electron chi connectivity index (χ0n) is 12.5. The van der Waals surface area contributed by atoms with Crippen molar-refractivity contribution >= 4 is 5.95 Å². The molecule has 1 fully saturated rings. The van der Waals surface area contributed by atoms with Gasteiger partial charge in [0, 0.05) is 25.2 Å². The van der Waals surface area contributed by atoms with E-state index >= 15 is 0 Å². The van der Waals surface area contributed by atoms with Crippen molar-refractivity contribution in [3.8, 4) is 5.88 Å². The second-order valence-electron chi connectivity index (χ2n) is 5.52. The molecular weight excluding hydrogens is 323 g/mol.